The molecule has 0 aromatic rings. The lowest BCUT2D eigenvalue weighted by atomic mass is 10.8. The van der Waals surface area contributed by atoms with Gasteiger partial charge in [0, 0.05) is 9.33 Å². The fourth-order valence-corrected chi connectivity index (χ4v) is 1.73. The standard InChI is InChI=1S/C4H2BrI2NS/c5-4(7)3(6)1-9-2-8/h1H2/b4-3-. The van der Waals surface area contributed by atoms with E-state index in [1.165, 1.54) is 15.3 Å². The average Bonchev–Trinajstić information content (AvgIpc) is 1.82. The zero-order chi connectivity index (χ0) is 7.28. The second-order valence-electron chi connectivity index (χ2n) is 1.05. The topological polar surface area (TPSA) is 23.8 Å². The van der Waals surface area contributed by atoms with E-state index in [0.29, 0.717) is 0 Å². The van der Waals surface area contributed by atoms with Gasteiger partial charge in [0.25, 0.3) is 0 Å². The van der Waals surface area contributed by atoms with E-state index in [0.717, 1.165) is 8.24 Å². The number of thioether (sulfide) groups is 1. The maximum Gasteiger partial charge on any atom is 0.133 e. The van der Waals surface area contributed by atoms with Gasteiger partial charge in [-0.05, 0) is 72.9 Å². The van der Waals surface area contributed by atoms with Crippen LogP contribution in [0.25, 0.3) is 0 Å². The molecule has 0 aliphatic heterocycles. The highest BCUT2D eigenvalue weighted by molar-refractivity contribution is 14.1. The Balaban J connectivity index is 3.67. The van der Waals surface area contributed by atoms with E-state index in [1.54, 1.807) is 0 Å². The Bertz CT molecular complexity index is 158. The van der Waals surface area contributed by atoms with Crippen molar-refractivity contribution in [2.75, 3.05) is 5.75 Å². The van der Waals surface area contributed by atoms with Crippen molar-refractivity contribution in [1.29, 1.82) is 5.26 Å². The molecule has 0 radical (unpaired) electrons. The summed E-state index contributed by atoms with van der Waals surface area (Å²) in [5, 5.41) is 10.2. The average molecular weight is 430 g/mol. The minimum Gasteiger partial charge on any atom is -0.185 e. The van der Waals surface area contributed by atoms with Crippen molar-refractivity contribution in [1.82, 2.24) is 0 Å². The van der Waals surface area contributed by atoms with E-state index >= 15 is 0 Å². The van der Waals surface area contributed by atoms with E-state index < -0.39 is 0 Å². The molecule has 0 fully saturated rings. The third kappa shape index (κ3) is 5.94. The zero-order valence-corrected chi connectivity index (χ0v) is 10.9. The van der Waals surface area contributed by atoms with Crippen molar-refractivity contribution in [2.24, 2.45) is 0 Å². The Hall–Kier alpha value is 1.52. The minimum absolute atomic E-state index is 0.778. The first-order chi connectivity index (χ1) is 4.18. The smallest absolute Gasteiger partial charge is 0.133 e. The molecule has 0 atom stereocenters. The van der Waals surface area contributed by atoms with Crippen molar-refractivity contribution in [3.05, 3.63) is 6.07 Å². The molecule has 1 nitrogen and oxygen atoms in total. The summed E-state index contributed by atoms with van der Waals surface area (Å²) in [6.07, 6.45) is 0. The summed E-state index contributed by atoms with van der Waals surface area (Å²) in [6.45, 7) is 0. The monoisotopic (exact) mass is 429 g/mol. The molecule has 5 heteroatoms. The number of nitrogens with zero attached hydrogens (tertiary/aromatic N) is 1. The summed E-state index contributed by atoms with van der Waals surface area (Å²) in [5.74, 6) is 0.778. The van der Waals surface area contributed by atoms with Gasteiger partial charge in [-0.2, -0.15) is 5.26 Å². The lowest BCUT2D eigenvalue weighted by Crippen LogP contribution is -1.73. The first kappa shape index (κ1) is 10.5. The fourth-order valence-electron chi connectivity index (χ4n) is 0.150. The molecule has 50 valence electrons. The van der Waals surface area contributed by atoms with Crippen LogP contribution in [0.5, 0.6) is 0 Å². The third-order valence-electron chi connectivity index (χ3n) is 0.469. The largest absolute Gasteiger partial charge is 0.185 e. The molecule has 0 amide bonds. The van der Waals surface area contributed by atoms with E-state index in [1.807, 2.05) is 5.40 Å². The maximum absolute atomic E-state index is 8.17. The minimum atomic E-state index is 0.778. The number of rotatable bonds is 2. The molecule has 0 saturated carbocycles. The van der Waals surface area contributed by atoms with Gasteiger partial charge in [-0.3, -0.25) is 0 Å². The highest BCUT2D eigenvalue weighted by atomic mass is 127. The Morgan fingerprint density at radius 3 is 2.56 bits per heavy atom. The maximum atomic E-state index is 8.17. The van der Waals surface area contributed by atoms with Crippen LogP contribution in [0.2, 0.25) is 0 Å². The number of hydrogen-bond donors (Lipinski definition) is 0. The van der Waals surface area contributed by atoms with Crippen LogP contribution in [0.3, 0.4) is 0 Å². The highest BCUT2D eigenvalue weighted by Crippen LogP contribution is 2.26. The van der Waals surface area contributed by atoms with Gasteiger partial charge in [-0.15, -0.1) is 0 Å². The molecule has 0 spiro atoms. The number of halogens is 3. The van der Waals surface area contributed by atoms with Gasteiger partial charge < -0.3 is 0 Å². The summed E-state index contributed by atoms with van der Waals surface area (Å²) < 4.78 is 2.27. The van der Waals surface area contributed by atoms with Gasteiger partial charge in [0.15, 0.2) is 0 Å². The molecule has 0 unspecified atom stereocenters. The van der Waals surface area contributed by atoms with Crippen LogP contribution in [0, 0.1) is 10.7 Å². The second kappa shape index (κ2) is 6.24. The Labute approximate surface area is 94.1 Å². The van der Waals surface area contributed by atoms with Gasteiger partial charge in [0.2, 0.25) is 0 Å². The quantitative estimate of drug-likeness (QED) is 0.494. The van der Waals surface area contributed by atoms with Gasteiger partial charge >= 0.3 is 0 Å². The lowest BCUT2D eigenvalue weighted by Gasteiger charge is -1.91. The normalized spacial score (nSPS) is 12.2. The van der Waals surface area contributed by atoms with Crippen molar-refractivity contribution in [3.8, 4) is 5.40 Å². The summed E-state index contributed by atoms with van der Waals surface area (Å²) >= 11 is 8.94. The summed E-state index contributed by atoms with van der Waals surface area (Å²) in [5.41, 5.74) is 0. The fraction of sp³-hybridized carbons (Fsp3) is 0.250. The van der Waals surface area contributed by atoms with Gasteiger partial charge in [0.1, 0.15) is 5.40 Å². The van der Waals surface area contributed by atoms with Crippen LogP contribution in [-0.4, -0.2) is 5.75 Å². The molecule has 0 bridgehead atoms. The Morgan fingerprint density at radius 2 is 2.22 bits per heavy atom. The molecule has 0 aromatic heterocycles. The number of hydrogen-bond acceptors (Lipinski definition) is 2. The summed E-state index contributed by atoms with van der Waals surface area (Å²) in [4.78, 5) is 0. The number of nitriles is 1. The molecule has 0 N–H and O–H groups in total. The van der Waals surface area contributed by atoms with Crippen molar-refractivity contribution in [3.63, 3.8) is 0 Å². The Morgan fingerprint density at radius 1 is 1.67 bits per heavy atom. The summed E-state index contributed by atoms with van der Waals surface area (Å²) in [6, 6.07) is 0. The summed E-state index contributed by atoms with van der Waals surface area (Å²) in [7, 11) is 0. The van der Waals surface area contributed by atoms with Crippen molar-refractivity contribution < 1.29 is 0 Å². The first-order valence-corrected chi connectivity index (χ1v) is 5.82. The zero-order valence-electron chi connectivity index (χ0n) is 4.20. The molecule has 0 aliphatic rings. The molecular formula is C4H2BrI2NS. The van der Waals surface area contributed by atoms with Gasteiger partial charge in [-0.25, -0.2) is 0 Å². The van der Waals surface area contributed by atoms with Crippen LogP contribution < -0.4 is 0 Å². The number of thiocyanates is 1. The Kier molecular flexibility index (Phi) is 7.30. The second-order valence-corrected chi connectivity index (χ2v) is 6.46. The van der Waals surface area contributed by atoms with Gasteiger partial charge in [-0.1, -0.05) is 0 Å². The van der Waals surface area contributed by atoms with E-state index in [-0.39, 0.29) is 0 Å². The lowest BCUT2D eigenvalue weighted by molar-refractivity contribution is 1.57. The van der Waals surface area contributed by atoms with Crippen LogP contribution in [0.4, 0.5) is 0 Å². The molecular weight excluding hydrogens is 428 g/mol. The van der Waals surface area contributed by atoms with Crippen LogP contribution in [0.1, 0.15) is 0 Å². The molecule has 0 aliphatic carbocycles. The van der Waals surface area contributed by atoms with Gasteiger partial charge in [0.05, 0.1) is 2.49 Å². The van der Waals surface area contributed by atoms with Crippen LogP contribution >= 0.6 is 72.9 Å². The van der Waals surface area contributed by atoms with Crippen molar-refractivity contribution in [2.45, 2.75) is 0 Å². The van der Waals surface area contributed by atoms with Crippen LogP contribution in [-0.2, 0) is 0 Å². The SMILES string of the molecule is N#CSC/C(I)=C(\Br)I. The molecule has 9 heavy (non-hydrogen) atoms. The molecule has 0 saturated heterocycles. The molecule has 0 aromatic carbocycles. The van der Waals surface area contributed by atoms with Crippen LogP contribution in [0.15, 0.2) is 6.07 Å². The first-order valence-electron chi connectivity index (χ1n) is 1.89. The van der Waals surface area contributed by atoms with Crippen molar-refractivity contribution >= 4 is 72.9 Å². The molecule has 0 heterocycles. The van der Waals surface area contributed by atoms with E-state index in [2.05, 4.69) is 61.1 Å². The predicted molar refractivity (Wildman–Crippen MR) is 62.1 cm³/mol. The van der Waals surface area contributed by atoms with E-state index in [9.17, 15) is 0 Å². The molecule has 0 rings (SSSR count). The predicted octanol–water partition coefficient (Wildman–Crippen LogP) is 3.63. The third-order valence-corrected chi connectivity index (χ3v) is 5.37. The highest BCUT2D eigenvalue weighted by Gasteiger charge is 1.95. The van der Waals surface area contributed by atoms with E-state index in [4.69, 9.17) is 5.26 Å².